The highest BCUT2D eigenvalue weighted by Gasteiger charge is 2.18. The molecule has 0 saturated heterocycles. The van der Waals surface area contributed by atoms with Gasteiger partial charge in [0.1, 0.15) is 5.65 Å². The van der Waals surface area contributed by atoms with Gasteiger partial charge in [0.25, 0.3) is 5.91 Å². The van der Waals surface area contributed by atoms with Gasteiger partial charge in [-0.3, -0.25) is 9.20 Å². The highest BCUT2D eigenvalue weighted by atomic mass is 35.5. The zero-order valence-electron chi connectivity index (χ0n) is 16.7. The number of carbonyl (C=O) groups is 2. The van der Waals surface area contributed by atoms with E-state index in [-0.39, 0.29) is 5.15 Å². The Kier molecular flexibility index (Phi) is 6.03. The van der Waals surface area contributed by atoms with Crippen molar-refractivity contribution in [2.75, 3.05) is 5.32 Å². The average Bonchev–Trinajstić information content (AvgIpc) is 2.97. The molecule has 2 aromatic heterocycles. The van der Waals surface area contributed by atoms with Crippen LogP contribution < -0.4 is 5.32 Å². The number of hydrogen-bond acceptors (Lipinski definition) is 4. The normalized spacial score (nSPS) is 12.3. The van der Waals surface area contributed by atoms with Crippen molar-refractivity contribution >= 4 is 40.9 Å². The van der Waals surface area contributed by atoms with Crippen LogP contribution in [0, 0.1) is 20.8 Å². The summed E-state index contributed by atoms with van der Waals surface area (Å²) < 4.78 is 6.98. The van der Waals surface area contributed by atoms with Crippen molar-refractivity contribution in [2.45, 2.75) is 33.8 Å². The van der Waals surface area contributed by atoms with Crippen LogP contribution in [0.3, 0.4) is 0 Å². The summed E-state index contributed by atoms with van der Waals surface area (Å²) in [4.78, 5) is 28.8. The van der Waals surface area contributed by atoms with E-state index in [2.05, 4.69) is 10.3 Å². The molecule has 0 radical (unpaired) electrons. The number of benzene rings is 1. The van der Waals surface area contributed by atoms with Crippen LogP contribution >= 0.6 is 11.6 Å². The van der Waals surface area contributed by atoms with E-state index < -0.39 is 18.0 Å². The third kappa shape index (κ3) is 4.66. The SMILES string of the molecule is Cc1cc(C)c(NC(=O)[C@H](C)OC(=O)/C=C/c2c(Cl)nc3ccccn23)c(C)c1. The zero-order valence-corrected chi connectivity index (χ0v) is 17.4. The number of amides is 1. The predicted octanol–water partition coefficient (Wildman–Crippen LogP) is 4.50. The fourth-order valence-corrected chi connectivity index (χ4v) is 3.39. The minimum absolute atomic E-state index is 0.274. The first-order valence-corrected chi connectivity index (χ1v) is 9.54. The maximum Gasteiger partial charge on any atom is 0.331 e. The summed E-state index contributed by atoms with van der Waals surface area (Å²) in [5.41, 5.74) is 4.99. The second-order valence-electron chi connectivity index (χ2n) is 6.89. The van der Waals surface area contributed by atoms with Gasteiger partial charge in [0.2, 0.25) is 0 Å². The second kappa shape index (κ2) is 8.49. The van der Waals surface area contributed by atoms with E-state index in [0.717, 1.165) is 22.4 Å². The Morgan fingerprint density at radius 2 is 1.90 bits per heavy atom. The third-order valence-electron chi connectivity index (χ3n) is 4.49. The number of fused-ring (bicyclic) bond motifs is 1. The number of ether oxygens (including phenoxy) is 1. The Morgan fingerprint density at radius 3 is 2.59 bits per heavy atom. The first-order chi connectivity index (χ1) is 13.8. The number of pyridine rings is 1. The summed E-state index contributed by atoms with van der Waals surface area (Å²) in [7, 11) is 0. The van der Waals surface area contributed by atoms with Crippen LogP contribution in [-0.4, -0.2) is 27.4 Å². The van der Waals surface area contributed by atoms with Crippen molar-refractivity contribution in [2.24, 2.45) is 0 Å². The molecule has 150 valence electrons. The number of hydrogen-bond donors (Lipinski definition) is 1. The monoisotopic (exact) mass is 411 g/mol. The maximum atomic E-state index is 12.5. The van der Waals surface area contributed by atoms with Crippen molar-refractivity contribution in [3.05, 3.63) is 70.1 Å². The van der Waals surface area contributed by atoms with Gasteiger partial charge in [-0.25, -0.2) is 9.78 Å². The molecule has 6 nitrogen and oxygen atoms in total. The molecule has 7 heteroatoms. The molecule has 29 heavy (non-hydrogen) atoms. The second-order valence-corrected chi connectivity index (χ2v) is 7.25. The summed E-state index contributed by atoms with van der Waals surface area (Å²) in [5.74, 6) is -1.04. The molecule has 0 aliphatic carbocycles. The van der Waals surface area contributed by atoms with Gasteiger partial charge in [0, 0.05) is 18.0 Å². The number of rotatable bonds is 5. The van der Waals surface area contributed by atoms with E-state index in [1.54, 1.807) is 10.6 Å². The van der Waals surface area contributed by atoms with E-state index in [1.165, 1.54) is 19.1 Å². The van der Waals surface area contributed by atoms with Gasteiger partial charge in [0.15, 0.2) is 11.3 Å². The fraction of sp³-hybridized carbons (Fsp3) is 0.227. The van der Waals surface area contributed by atoms with Crippen molar-refractivity contribution in [3.63, 3.8) is 0 Å². The molecule has 0 bridgehead atoms. The lowest BCUT2D eigenvalue weighted by Crippen LogP contribution is -2.30. The number of aryl methyl sites for hydroxylation is 3. The van der Waals surface area contributed by atoms with E-state index >= 15 is 0 Å². The number of anilines is 1. The minimum atomic E-state index is -0.954. The van der Waals surface area contributed by atoms with Crippen LogP contribution in [0.4, 0.5) is 5.69 Å². The summed E-state index contributed by atoms with van der Waals surface area (Å²) in [6.07, 6.45) is 3.59. The molecular weight excluding hydrogens is 390 g/mol. The molecule has 0 aliphatic heterocycles. The molecule has 1 amide bonds. The van der Waals surface area contributed by atoms with Crippen LogP contribution in [0.2, 0.25) is 5.15 Å². The summed E-state index contributed by atoms with van der Waals surface area (Å²) in [6.45, 7) is 7.38. The van der Waals surface area contributed by atoms with E-state index in [4.69, 9.17) is 16.3 Å². The lowest BCUT2D eigenvalue weighted by atomic mass is 10.0. The number of aromatic nitrogens is 2. The van der Waals surface area contributed by atoms with Crippen LogP contribution in [0.1, 0.15) is 29.3 Å². The minimum Gasteiger partial charge on any atom is -0.449 e. The number of esters is 1. The standard InChI is InChI=1S/C22H22ClN3O3/c1-13-11-14(2)20(15(3)12-13)25-22(28)16(4)29-19(27)9-8-17-21(23)24-18-7-5-6-10-26(17)18/h5-12,16H,1-4H3,(H,25,28)/b9-8+/t16-/m0/s1. The molecule has 3 aromatic rings. The van der Waals surface area contributed by atoms with Gasteiger partial charge >= 0.3 is 5.97 Å². The molecule has 0 spiro atoms. The molecule has 0 saturated carbocycles. The maximum absolute atomic E-state index is 12.5. The smallest absolute Gasteiger partial charge is 0.331 e. The van der Waals surface area contributed by atoms with E-state index in [9.17, 15) is 9.59 Å². The Bertz CT molecular complexity index is 1090. The van der Waals surface area contributed by atoms with Crippen LogP contribution in [-0.2, 0) is 14.3 Å². The van der Waals surface area contributed by atoms with Crippen molar-refractivity contribution in [1.82, 2.24) is 9.38 Å². The highest BCUT2D eigenvalue weighted by molar-refractivity contribution is 6.31. The Morgan fingerprint density at radius 1 is 1.21 bits per heavy atom. The molecule has 1 aromatic carbocycles. The average molecular weight is 412 g/mol. The molecule has 1 atom stereocenters. The molecule has 1 N–H and O–H groups in total. The lowest BCUT2D eigenvalue weighted by molar-refractivity contribution is -0.148. The largest absolute Gasteiger partial charge is 0.449 e. The van der Waals surface area contributed by atoms with Crippen molar-refractivity contribution in [3.8, 4) is 0 Å². The third-order valence-corrected chi connectivity index (χ3v) is 4.76. The van der Waals surface area contributed by atoms with Gasteiger partial charge in [0.05, 0.1) is 5.69 Å². The van der Waals surface area contributed by atoms with E-state index in [1.807, 2.05) is 51.1 Å². The number of nitrogens with one attached hydrogen (secondary N) is 1. The summed E-state index contributed by atoms with van der Waals surface area (Å²) >= 11 is 6.14. The topological polar surface area (TPSA) is 72.7 Å². The van der Waals surface area contributed by atoms with Gasteiger partial charge in [-0.2, -0.15) is 0 Å². The Hall–Kier alpha value is -3.12. The van der Waals surface area contributed by atoms with Crippen LogP contribution in [0.25, 0.3) is 11.7 Å². The molecule has 0 fully saturated rings. The molecule has 0 unspecified atom stereocenters. The quantitative estimate of drug-likeness (QED) is 0.495. The number of nitrogens with zero attached hydrogens (tertiary/aromatic N) is 2. The first-order valence-electron chi connectivity index (χ1n) is 9.16. The predicted molar refractivity (Wildman–Crippen MR) is 114 cm³/mol. The van der Waals surface area contributed by atoms with E-state index in [0.29, 0.717) is 11.3 Å². The summed E-state index contributed by atoms with van der Waals surface area (Å²) in [6, 6.07) is 9.46. The zero-order chi connectivity index (χ0) is 21.1. The summed E-state index contributed by atoms with van der Waals surface area (Å²) in [5, 5.41) is 3.11. The fourth-order valence-electron chi connectivity index (χ4n) is 3.15. The van der Waals surface area contributed by atoms with Crippen LogP contribution in [0.5, 0.6) is 0 Å². The molecule has 3 rings (SSSR count). The van der Waals surface area contributed by atoms with Crippen LogP contribution in [0.15, 0.2) is 42.6 Å². The van der Waals surface area contributed by atoms with Gasteiger partial charge in [-0.05, 0) is 57.0 Å². The lowest BCUT2D eigenvalue weighted by Gasteiger charge is -2.16. The Labute approximate surface area is 174 Å². The molecule has 0 aliphatic rings. The van der Waals surface area contributed by atoms with Gasteiger partial charge in [-0.15, -0.1) is 0 Å². The highest BCUT2D eigenvalue weighted by Crippen LogP contribution is 2.22. The van der Waals surface area contributed by atoms with Gasteiger partial charge < -0.3 is 10.1 Å². The number of imidazole rings is 1. The first kappa shape index (κ1) is 20.6. The molecule has 2 heterocycles. The van der Waals surface area contributed by atoms with Crippen molar-refractivity contribution < 1.29 is 14.3 Å². The number of halogens is 1. The molecular formula is C22H22ClN3O3. The Balaban J connectivity index is 1.66. The van der Waals surface area contributed by atoms with Gasteiger partial charge in [-0.1, -0.05) is 35.4 Å². The number of carbonyl (C=O) groups excluding carboxylic acids is 2. The van der Waals surface area contributed by atoms with Crippen molar-refractivity contribution in [1.29, 1.82) is 0 Å².